The first-order valence-corrected chi connectivity index (χ1v) is 9.53. The van der Waals surface area contributed by atoms with Crippen LogP contribution in [0.15, 0.2) is 24.3 Å². The van der Waals surface area contributed by atoms with Crippen molar-refractivity contribution in [1.82, 2.24) is 10.2 Å². The van der Waals surface area contributed by atoms with E-state index in [-0.39, 0.29) is 24.3 Å². The van der Waals surface area contributed by atoms with E-state index in [0.717, 1.165) is 18.8 Å². The van der Waals surface area contributed by atoms with E-state index in [0.29, 0.717) is 6.04 Å². The number of carbonyl (C=O) groups is 2. The van der Waals surface area contributed by atoms with E-state index in [1.165, 1.54) is 24.8 Å². The number of rotatable bonds is 7. The Kier molecular flexibility index (Phi) is 7.60. The second kappa shape index (κ2) is 9.69. The molecule has 0 saturated carbocycles. The lowest BCUT2D eigenvalue weighted by molar-refractivity contribution is -0.125. The first-order chi connectivity index (χ1) is 12.4. The number of nitrogens with two attached hydrogens (primary N) is 1. The molecule has 6 nitrogen and oxygen atoms in total. The van der Waals surface area contributed by atoms with Gasteiger partial charge in [-0.05, 0) is 49.9 Å². The first-order valence-electron chi connectivity index (χ1n) is 9.53. The van der Waals surface area contributed by atoms with Crippen molar-refractivity contribution in [1.29, 1.82) is 0 Å². The van der Waals surface area contributed by atoms with E-state index in [4.69, 9.17) is 5.73 Å². The van der Waals surface area contributed by atoms with Crippen molar-refractivity contribution < 1.29 is 9.59 Å². The molecule has 0 bridgehead atoms. The van der Waals surface area contributed by atoms with Crippen LogP contribution in [-0.4, -0.2) is 41.9 Å². The summed E-state index contributed by atoms with van der Waals surface area (Å²) in [7, 11) is 0. The fraction of sp³-hybridized carbons (Fsp3) is 0.600. The molecule has 6 heteroatoms. The molecule has 144 valence electrons. The Morgan fingerprint density at radius 3 is 2.54 bits per heavy atom. The molecule has 2 atom stereocenters. The van der Waals surface area contributed by atoms with Crippen LogP contribution in [0.1, 0.15) is 45.6 Å². The van der Waals surface area contributed by atoms with Crippen LogP contribution in [0.4, 0.5) is 5.69 Å². The molecule has 1 fully saturated rings. The van der Waals surface area contributed by atoms with E-state index in [9.17, 15) is 9.59 Å². The van der Waals surface area contributed by atoms with Gasteiger partial charge in [-0.1, -0.05) is 32.4 Å². The smallest absolute Gasteiger partial charge is 0.243 e. The molecular formula is C20H32N4O2. The van der Waals surface area contributed by atoms with Crippen LogP contribution in [0.3, 0.4) is 0 Å². The minimum Gasteiger partial charge on any atom is -0.346 e. The van der Waals surface area contributed by atoms with E-state index in [1.807, 2.05) is 38.1 Å². The van der Waals surface area contributed by atoms with Crippen LogP contribution in [0, 0.1) is 5.92 Å². The van der Waals surface area contributed by atoms with Gasteiger partial charge in [-0.3, -0.25) is 14.5 Å². The molecule has 26 heavy (non-hydrogen) atoms. The number of anilines is 1. The Bertz CT molecular complexity index is 600. The van der Waals surface area contributed by atoms with Gasteiger partial charge >= 0.3 is 0 Å². The number of likely N-dealkylation sites (tertiary alicyclic amines) is 1. The zero-order valence-corrected chi connectivity index (χ0v) is 16.1. The largest absolute Gasteiger partial charge is 0.346 e. The van der Waals surface area contributed by atoms with Gasteiger partial charge in [0.15, 0.2) is 0 Å². The zero-order chi connectivity index (χ0) is 19.1. The highest BCUT2D eigenvalue weighted by molar-refractivity contribution is 5.95. The van der Waals surface area contributed by atoms with Crippen LogP contribution >= 0.6 is 0 Å². The summed E-state index contributed by atoms with van der Waals surface area (Å²) < 4.78 is 0. The summed E-state index contributed by atoms with van der Waals surface area (Å²) >= 11 is 0. The van der Waals surface area contributed by atoms with Gasteiger partial charge in [0.1, 0.15) is 0 Å². The Labute approximate surface area is 156 Å². The van der Waals surface area contributed by atoms with Crippen molar-refractivity contribution >= 4 is 17.5 Å². The third-order valence-corrected chi connectivity index (χ3v) is 5.01. The SMILES string of the molecule is CC(C)[C@H](N)C(=O)NCC(=O)Nc1ccc(CN2CCCCC2C)cc1. The third-order valence-electron chi connectivity index (χ3n) is 5.01. The molecule has 0 aromatic heterocycles. The zero-order valence-electron chi connectivity index (χ0n) is 16.1. The van der Waals surface area contributed by atoms with Gasteiger partial charge in [-0.25, -0.2) is 0 Å². The third kappa shape index (κ3) is 6.11. The molecule has 1 aliphatic rings. The lowest BCUT2D eigenvalue weighted by atomic mass is 10.0. The number of benzene rings is 1. The monoisotopic (exact) mass is 360 g/mol. The fourth-order valence-electron chi connectivity index (χ4n) is 3.11. The van der Waals surface area contributed by atoms with Gasteiger partial charge in [-0.2, -0.15) is 0 Å². The average Bonchev–Trinajstić information content (AvgIpc) is 2.62. The summed E-state index contributed by atoms with van der Waals surface area (Å²) in [5, 5.41) is 5.37. The molecule has 1 heterocycles. The minimum absolute atomic E-state index is 0.0354. The van der Waals surface area contributed by atoms with Gasteiger partial charge in [0.2, 0.25) is 11.8 Å². The lowest BCUT2D eigenvalue weighted by Gasteiger charge is -2.33. The van der Waals surface area contributed by atoms with Crippen molar-refractivity contribution in [3.8, 4) is 0 Å². The quantitative estimate of drug-likeness (QED) is 0.695. The molecule has 1 unspecified atom stereocenters. The molecule has 0 spiro atoms. The maximum Gasteiger partial charge on any atom is 0.243 e. The molecule has 1 aromatic carbocycles. The van der Waals surface area contributed by atoms with Crippen molar-refractivity contribution in [2.75, 3.05) is 18.4 Å². The number of nitrogens with one attached hydrogen (secondary N) is 2. The minimum atomic E-state index is -0.598. The maximum atomic E-state index is 12.0. The molecule has 0 aliphatic carbocycles. The molecule has 1 saturated heterocycles. The highest BCUT2D eigenvalue weighted by Gasteiger charge is 2.19. The standard InChI is InChI=1S/C20H32N4O2/c1-14(2)19(21)20(26)22-12-18(25)23-17-9-7-16(8-10-17)13-24-11-5-4-6-15(24)3/h7-10,14-15,19H,4-6,11-13,21H2,1-3H3,(H,22,26)(H,23,25)/t15?,19-/m0/s1. The summed E-state index contributed by atoms with van der Waals surface area (Å²) in [5.74, 6) is -0.527. The Morgan fingerprint density at radius 1 is 1.23 bits per heavy atom. The normalized spacial score (nSPS) is 19.2. The van der Waals surface area contributed by atoms with Crippen LogP contribution in [0.25, 0.3) is 0 Å². The fourth-order valence-corrected chi connectivity index (χ4v) is 3.11. The first kappa shape index (κ1) is 20.4. The molecule has 0 radical (unpaired) electrons. The average molecular weight is 361 g/mol. The predicted octanol–water partition coefficient (Wildman–Crippen LogP) is 2.10. The van der Waals surface area contributed by atoms with Crippen molar-refractivity contribution in [2.24, 2.45) is 11.7 Å². The van der Waals surface area contributed by atoms with Gasteiger partial charge in [-0.15, -0.1) is 0 Å². The molecular weight excluding hydrogens is 328 g/mol. The highest BCUT2D eigenvalue weighted by Crippen LogP contribution is 2.20. The van der Waals surface area contributed by atoms with Crippen molar-refractivity contribution in [3.63, 3.8) is 0 Å². The predicted molar refractivity (Wildman–Crippen MR) is 105 cm³/mol. The maximum absolute atomic E-state index is 12.0. The summed E-state index contributed by atoms with van der Waals surface area (Å²) in [4.78, 5) is 26.3. The molecule has 2 amide bonds. The highest BCUT2D eigenvalue weighted by atomic mass is 16.2. The number of carbonyl (C=O) groups excluding carboxylic acids is 2. The lowest BCUT2D eigenvalue weighted by Crippen LogP contribution is -2.46. The Balaban J connectivity index is 1.79. The topological polar surface area (TPSA) is 87.5 Å². The van der Waals surface area contributed by atoms with Gasteiger partial charge < -0.3 is 16.4 Å². The van der Waals surface area contributed by atoms with Crippen LogP contribution in [0.2, 0.25) is 0 Å². The van der Waals surface area contributed by atoms with Crippen molar-refractivity contribution in [3.05, 3.63) is 29.8 Å². The summed E-state index contributed by atoms with van der Waals surface area (Å²) in [6.45, 7) is 8.04. The molecule has 4 N–H and O–H groups in total. The molecule has 1 aromatic rings. The van der Waals surface area contributed by atoms with E-state index >= 15 is 0 Å². The number of amides is 2. The van der Waals surface area contributed by atoms with Gasteiger partial charge in [0, 0.05) is 18.3 Å². The van der Waals surface area contributed by atoms with E-state index in [1.54, 1.807) is 0 Å². The Hall–Kier alpha value is -1.92. The number of piperidine rings is 1. The van der Waals surface area contributed by atoms with E-state index < -0.39 is 6.04 Å². The van der Waals surface area contributed by atoms with Crippen LogP contribution in [-0.2, 0) is 16.1 Å². The summed E-state index contributed by atoms with van der Waals surface area (Å²) in [6, 6.07) is 7.93. The second-order valence-electron chi connectivity index (χ2n) is 7.55. The van der Waals surface area contributed by atoms with Gasteiger partial charge in [0.25, 0.3) is 0 Å². The van der Waals surface area contributed by atoms with Crippen LogP contribution < -0.4 is 16.4 Å². The number of hydrogen-bond acceptors (Lipinski definition) is 4. The molecule has 2 rings (SSSR count). The number of nitrogens with zero attached hydrogens (tertiary/aromatic N) is 1. The molecule has 1 aliphatic heterocycles. The summed E-state index contributed by atoms with van der Waals surface area (Å²) in [6.07, 6.45) is 3.85. The van der Waals surface area contributed by atoms with Crippen molar-refractivity contribution in [2.45, 2.75) is 58.7 Å². The van der Waals surface area contributed by atoms with E-state index in [2.05, 4.69) is 22.5 Å². The van der Waals surface area contributed by atoms with Gasteiger partial charge in [0.05, 0.1) is 12.6 Å². The summed E-state index contributed by atoms with van der Waals surface area (Å²) in [5.41, 5.74) is 7.73. The van der Waals surface area contributed by atoms with Crippen LogP contribution in [0.5, 0.6) is 0 Å². The second-order valence-corrected chi connectivity index (χ2v) is 7.55. The number of hydrogen-bond donors (Lipinski definition) is 3. The Morgan fingerprint density at radius 2 is 1.92 bits per heavy atom.